The van der Waals surface area contributed by atoms with Crippen molar-refractivity contribution in [3.05, 3.63) is 17.7 Å². The summed E-state index contributed by atoms with van der Waals surface area (Å²) in [6.45, 7) is 1.07. The van der Waals surface area contributed by atoms with Crippen LogP contribution in [0.1, 0.15) is 31.2 Å². The summed E-state index contributed by atoms with van der Waals surface area (Å²) in [7, 11) is 1.61. The number of hydrogen-bond donors (Lipinski definition) is 0. The largest absolute Gasteiger partial charge is 0.496 e. The number of aliphatic imine (C=N–C) groups is 1. The minimum atomic E-state index is -0.525. The first-order valence-corrected chi connectivity index (χ1v) is 6.86. The number of ether oxygens (including phenoxy) is 3. The van der Waals surface area contributed by atoms with E-state index in [-0.39, 0.29) is 0 Å². The van der Waals surface area contributed by atoms with Crippen molar-refractivity contribution < 1.29 is 19.0 Å². The molecule has 0 spiro atoms. The molecule has 0 amide bonds. The van der Waals surface area contributed by atoms with E-state index in [2.05, 4.69) is 4.99 Å². The van der Waals surface area contributed by atoms with Gasteiger partial charge in [0, 0.05) is 11.6 Å². The van der Waals surface area contributed by atoms with Crippen molar-refractivity contribution in [1.82, 2.24) is 0 Å². The van der Waals surface area contributed by atoms with Crippen LogP contribution in [0.5, 0.6) is 17.2 Å². The van der Waals surface area contributed by atoms with Gasteiger partial charge in [-0.3, -0.25) is 0 Å². The third kappa shape index (κ3) is 2.04. The van der Waals surface area contributed by atoms with Gasteiger partial charge in [-0.05, 0) is 18.9 Å². The summed E-state index contributed by atoms with van der Waals surface area (Å²) < 4.78 is 16.7. The lowest BCUT2D eigenvalue weighted by Gasteiger charge is -2.27. The van der Waals surface area contributed by atoms with E-state index in [0.29, 0.717) is 30.5 Å². The molecule has 106 valence electrons. The Kier molecular flexibility index (Phi) is 3.36. The molecule has 1 fully saturated rings. The lowest BCUT2D eigenvalue weighted by atomic mass is 9.87. The molecule has 5 nitrogen and oxygen atoms in total. The highest BCUT2D eigenvalue weighted by Crippen LogP contribution is 2.49. The average molecular weight is 275 g/mol. The summed E-state index contributed by atoms with van der Waals surface area (Å²) in [5, 5.41) is 0. The van der Waals surface area contributed by atoms with Gasteiger partial charge in [0.05, 0.1) is 7.11 Å². The molecular formula is C15H17NO4. The van der Waals surface area contributed by atoms with Gasteiger partial charge in [-0.25, -0.2) is 4.79 Å². The Bertz CT molecular complexity index is 557. The van der Waals surface area contributed by atoms with E-state index in [1.807, 2.05) is 12.1 Å². The van der Waals surface area contributed by atoms with Crippen molar-refractivity contribution in [2.45, 2.75) is 31.2 Å². The summed E-state index contributed by atoms with van der Waals surface area (Å²) in [5.74, 6) is 2.06. The zero-order chi connectivity index (χ0) is 14.0. The Morgan fingerprint density at radius 3 is 2.45 bits per heavy atom. The Labute approximate surface area is 117 Å². The van der Waals surface area contributed by atoms with Crippen LogP contribution in [-0.4, -0.2) is 26.4 Å². The number of benzene rings is 1. The maximum absolute atomic E-state index is 10.8. The second-order valence-electron chi connectivity index (χ2n) is 5.14. The fourth-order valence-corrected chi connectivity index (χ4v) is 3.09. The molecule has 3 rings (SSSR count). The van der Waals surface area contributed by atoms with Crippen molar-refractivity contribution in [2.24, 2.45) is 4.99 Å². The van der Waals surface area contributed by atoms with Gasteiger partial charge in [0.15, 0.2) is 11.5 Å². The second-order valence-corrected chi connectivity index (χ2v) is 5.14. The van der Waals surface area contributed by atoms with Gasteiger partial charge in [0.1, 0.15) is 24.5 Å². The van der Waals surface area contributed by atoms with Gasteiger partial charge in [0.25, 0.3) is 0 Å². The van der Waals surface area contributed by atoms with Crippen molar-refractivity contribution in [2.75, 3.05) is 20.3 Å². The molecule has 1 aliphatic heterocycles. The molecule has 0 saturated heterocycles. The van der Waals surface area contributed by atoms with Crippen LogP contribution in [-0.2, 0) is 10.3 Å². The van der Waals surface area contributed by atoms with Crippen LogP contribution >= 0.6 is 0 Å². The zero-order valence-electron chi connectivity index (χ0n) is 11.5. The average Bonchev–Trinajstić information content (AvgIpc) is 2.96. The quantitative estimate of drug-likeness (QED) is 0.628. The van der Waals surface area contributed by atoms with E-state index < -0.39 is 5.54 Å². The SMILES string of the molecule is COc1cc2c(cc1C1(N=C=O)CCCC1)OCCO2. The molecule has 1 aliphatic carbocycles. The predicted molar refractivity (Wildman–Crippen MR) is 72.3 cm³/mol. The first-order valence-electron chi connectivity index (χ1n) is 6.86. The standard InChI is InChI=1S/C15H17NO4/c1-18-12-9-14-13(19-6-7-20-14)8-11(12)15(16-10-17)4-2-3-5-15/h8-9H,2-7H2,1H3. The molecule has 0 atom stereocenters. The minimum absolute atomic E-state index is 0.525. The molecule has 0 N–H and O–H groups in total. The van der Waals surface area contributed by atoms with E-state index >= 15 is 0 Å². The smallest absolute Gasteiger partial charge is 0.235 e. The number of isocyanates is 1. The van der Waals surface area contributed by atoms with Crippen LogP contribution in [0.4, 0.5) is 0 Å². The molecule has 0 bridgehead atoms. The highest BCUT2D eigenvalue weighted by Gasteiger charge is 2.39. The zero-order valence-corrected chi connectivity index (χ0v) is 11.5. The Balaban J connectivity index is 2.13. The van der Waals surface area contributed by atoms with Crippen LogP contribution in [0.2, 0.25) is 0 Å². The van der Waals surface area contributed by atoms with Gasteiger partial charge < -0.3 is 14.2 Å². The summed E-state index contributed by atoms with van der Waals surface area (Å²) in [6, 6.07) is 3.73. The number of methoxy groups -OCH3 is 1. The van der Waals surface area contributed by atoms with Crippen molar-refractivity contribution >= 4 is 6.08 Å². The topological polar surface area (TPSA) is 57.1 Å². The van der Waals surface area contributed by atoms with Gasteiger partial charge >= 0.3 is 0 Å². The maximum atomic E-state index is 10.8. The molecule has 0 aromatic heterocycles. The highest BCUT2D eigenvalue weighted by atomic mass is 16.6. The van der Waals surface area contributed by atoms with Gasteiger partial charge in [0.2, 0.25) is 6.08 Å². The number of rotatable bonds is 3. The normalized spacial score (nSPS) is 19.2. The molecule has 1 saturated carbocycles. The summed E-state index contributed by atoms with van der Waals surface area (Å²) in [5.41, 5.74) is 0.369. The number of nitrogens with zero attached hydrogens (tertiary/aromatic N) is 1. The molecule has 2 aliphatic rings. The lowest BCUT2D eigenvalue weighted by Crippen LogP contribution is -2.22. The minimum Gasteiger partial charge on any atom is -0.496 e. The summed E-state index contributed by atoms with van der Waals surface area (Å²) in [6.07, 6.45) is 5.48. The van der Waals surface area contributed by atoms with Crippen LogP contribution in [0.15, 0.2) is 17.1 Å². The molecule has 0 radical (unpaired) electrons. The fourth-order valence-electron chi connectivity index (χ4n) is 3.09. The third-order valence-corrected chi connectivity index (χ3v) is 4.06. The molecule has 1 heterocycles. The van der Waals surface area contributed by atoms with E-state index in [0.717, 1.165) is 31.2 Å². The Morgan fingerprint density at radius 2 is 1.85 bits per heavy atom. The first kappa shape index (κ1) is 13.0. The number of fused-ring (bicyclic) bond motifs is 1. The lowest BCUT2D eigenvalue weighted by molar-refractivity contribution is 0.170. The molecule has 1 aromatic rings. The molecule has 1 aromatic carbocycles. The van der Waals surface area contributed by atoms with Crippen molar-refractivity contribution in [3.8, 4) is 17.2 Å². The summed E-state index contributed by atoms with van der Waals surface area (Å²) in [4.78, 5) is 14.9. The third-order valence-electron chi connectivity index (χ3n) is 4.06. The fraction of sp³-hybridized carbons (Fsp3) is 0.533. The summed E-state index contributed by atoms with van der Waals surface area (Å²) >= 11 is 0. The van der Waals surface area contributed by atoms with Crippen molar-refractivity contribution in [3.63, 3.8) is 0 Å². The first-order chi connectivity index (χ1) is 9.79. The van der Waals surface area contributed by atoms with E-state index in [4.69, 9.17) is 14.2 Å². The second kappa shape index (κ2) is 5.17. The van der Waals surface area contributed by atoms with Gasteiger partial charge in [-0.1, -0.05) is 12.8 Å². The Morgan fingerprint density at radius 1 is 1.20 bits per heavy atom. The van der Waals surface area contributed by atoms with E-state index in [1.165, 1.54) is 0 Å². The molecule has 0 unspecified atom stereocenters. The van der Waals surface area contributed by atoms with Crippen LogP contribution in [0, 0.1) is 0 Å². The van der Waals surface area contributed by atoms with Gasteiger partial charge in [-0.15, -0.1) is 0 Å². The van der Waals surface area contributed by atoms with Crippen molar-refractivity contribution in [1.29, 1.82) is 0 Å². The molecular weight excluding hydrogens is 258 g/mol. The van der Waals surface area contributed by atoms with E-state index in [1.54, 1.807) is 13.2 Å². The predicted octanol–water partition coefficient (Wildman–Crippen LogP) is 2.57. The monoisotopic (exact) mass is 275 g/mol. The Hall–Kier alpha value is -2.00. The molecule has 20 heavy (non-hydrogen) atoms. The van der Waals surface area contributed by atoms with Crippen LogP contribution in [0.25, 0.3) is 0 Å². The van der Waals surface area contributed by atoms with Gasteiger partial charge in [-0.2, -0.15) is 4.99 Å². The molecule has 5 heteroatoms. The number of carbonyl (C=O) groups excluding carboxylic acids is 1. The van der Waals surface area contributed by atoms with E-state index in [9.17, 15) is 4.79 Å². The highest BCUT2D eigenvalue weighted by molar-refractivity contribution is 5.55. The van der Waals surface area contributed by atoms with Crippen LogP contribution in [0.3, 0.4) is 0 Å². The number of hydrogen-bond acceptors (Lipinski definition) is 5. The van der Waals surface area contributed by atoms with Crippen LogP contribution < -0.4 is 14.2 Å². The maximum Gasteiger partial charge on any atom is 0.235 e.